The molecule has 7 nitrogen and oxygen atoms in total. The van der Waals surface area contributed by atoms with Crippen LogP contribution in [-0.4, -0.2) is 46.2 Å². The third-order valence-electron chi connectivity index (χ3n) is 5.10. The molecule has 1 aliphatic carbocycles. The minimum atomic E-state index is -0.334. The molecule has 1 aromatic rings. The molecule has 1 aromatic heterocycles. The Labute approximate surface area is 166 Å². The van der Waals surface area contributed by atoms with Crippen LogP contribution in [0.4, 0.5) is 5.82 Å². The van der Waals surface area contributed by atoms with Crippen LogP contribution < -0.4 is 16.4 Å². The van der Waals surface area contributed by atoms with Crippen LogP contribution in [0.1, 0.15) is 63.4 Å². The van der Waals surface area contributed by atoms with Crippen molar-refractivity contribution in [3.8, 4) is 0 Å². The number of hydrogen-bond donors (Lipinski definition) is 3. The van der Waals surface area contributed by atoms with E-state index >= 15 is 0 Å². The SMILES string of the molecule is CSCC(C)(C)C(=O)NC1CC(CCNC(=O)c2cnn(C(C)C)c2N)C1. The Kier molecular flexibility index (Phi) is 7.19. The number of nitrogen functional groups attached to an aromatic ring is 1. The summed E-state index contributed by atoms with van der Waals surface area (Å²) < 4.78 is 1.65. The molecule has 1 fully saturated rings. The van der Waals surface area contributed by atoms with Crippen LogP contribution in [0, 0.1) is 11.3 Å². The summed E-state index contributed by atoms with van der Waals surface area (Å²) in [6.45, 7) is 8.52. The summed E-state index contributed by atoms with van der Waals surface area (Å²) in [5.74, 6) is 1.71. The smallest absolute Gasteiger partial charge is 0.256 e. The zero-order valence-electron chi connectivity index (χ0n) is 17.0. The number of carbonyl (C=O) groups excluding carboxylic acids is 2. The maximum Gasteiger partial charge on any atom is 0.256 e. The second-order valence-electron chi connectivity index (χ2n) is 8.35. The largest absolute Gasteiger partial charge is 0.383 e. The minimum absolute atomic E-state index is 0.120. The predicted octanol–water partition coefficient (Wildman–Crippen LogP) is 2.45. The van der Waals surface area contributed by atoms with Gasteiger partial charge in [-0.3, -0.25) is 9.59 Å². The van der Waals surface area contributed by atoms with E-state index in [1.54, 1.807) is 16.4 Å². The molecule has 0 unspecified atom stereocenters. The monoisotopic (exact) mass is 395 g/mol. The van der Waals surface area contributed by atoms with E-state index in [0.717, 1.165) is 25.0 Å². The van der Waals surface area contributed by atoms with Crippen LogP contribution in [0.15, 0.2) is 6.20 Å². The number of rotatable bonds is 9. The lowest BCUT2D eigenvalue weighted by molar-refractivity contribution is -0.129. The minimum Gasteiger partial charge on any atom is -0.383 e. The summed E-state index contributed by atoms with van der Waals surface area (Å²) in [4.78, 5) is 24.6. The highest BCUT2D eigenvalue weighted by atomic mass is 32.2. The van der Waals surface area contributed by atoms with Crippen molar-refractivity contribution in [3.63, 3.8) is 0 Å². The zero-order valence-corrected chi connectivity index (χ0v) is 17.9. The molecule has 0 bridgehead atoms. The molecule has 1 saturated carbocycles. The van der Waals surface area contributed by atoms with Gasteiger partial charge in [-0.1, -0.05) is 13.8 Å². The lowest BCUT2D eigenvalue weighted by Gasteiger charge is -2.38. The van der Waals surface area contributed by atoms with E-state index < -0.39 is 0 Å². The number of carbonyl (C=O) groups is 2. The Morgan fingerprint density at radius 1 is 1.41 bits per heavy atom. The lowest BCUT2D eigenvalue weighted by Crippen LogP contribution is -2.49. The van der Waals surface area contributed by atoms with Gasteiger partial charge in [-0.15, -0.1) is 0 Å². The lowest BCUT2D eigenvalue weighted by atomic mass is 9.77. The van der Waals surface area contributed by atoms with Crippen molar-refractivity contribution >= 4 is 29.4 Å². The fourth-order valence-electron chi connectivity index (χ4n) is 3.34. The van der Waals surface area contributed by atoms with E-state index in [0.29, 0.717) is 23.8 Å². The third-order valence-corrected chi connectivity index (χ3v) is 6.11. The average Bonchev–Trinajstić information content (AvgIpc) is 2.93. The van der Waals surface area contributed by atoms with E-state index in [-0.39, 0.29) is 29.3 Å². The summed E-state index contributed by atoms with van der Waals surface area (Å²) in [6, 6.07) is 0.383. The molecule has 152 valence electrons. The van der Waals surface area contributed by atoms with Crippen molar-refractivity contribution < 1.29 is 9.59 Å². The number of nitrogens with one attached hydrogen (secondary N) is 2. The topological polar surface area (TPSA) is 102 Å². The Morgan fingerprint density at radius 2 is 2.07 bits per heavy atom. The Hall–Kier alpha value is -1.70. The Balaban J connectivity index is 1.68. The summed E-state index contributed by atoms with van der Waals surface area (Å²) in [7, 11) is 0. The molecule has 0 spiro atoms. The average molecular weight is 396 g/mol. The van der Waals surface area contributed by atoms with Gasteiger partial charge in [-0.05, 0) is 45.3 Å². The van der Waals surface area contributed by atoms with Gasteiger partial charge in [0.2, 0.25) is 5.91 Å². The van der Waals surface area contributed by atoms with Crippen LogP contribution in [0.5, 0.6) is 0 Å². The van der Waals surface area contributed by atoms with Crippen molar-refractivity contribution in [3.05, 3.63) is 11.8 Å². The van der Waals surface area contributed by atoms with Crippen molar-refractivity contribution in [1.29, 1.82) is 0 Å². The number of aromatic nitrogens is 2. The molecular weight excluding hydrogens is 362 g/mol. The molecule has 2 rings (SSSR count). The van der Waals surface area contributed by atoms with Crippen LogP contribution >= 0.6 is 11.8 Å². The molecule has 0 radical (unpaired) electrons. The summed E-state index contributed by atoms with van der Waals surface area (Å²) in [6.07, 6.45) is 6.40. The van der Waals surface area contributed by atoms with Gasteiger partial charge in [0.15, 0.2) is 0 Å². The Bertz CT molecular complexity index is 665. The van der Waals surface area contributed by atoms with Crippen molar-refractivity contribution in [1.82, 2.24) is 20.4 Å². The quantitative estimate of drug-likeness (QED) is 0.596. The second-order valence-corrected chi connectivity index (χ2v) is 9.22. The van der Waals surface area contributed by atoms with Gasteiger partial charge >= 0.3 is 0 Å². The van der Waals surface area contributed by atoms with E-state index in [9.17, 15) is 9.59 Å². The molecule has 0 aliphatic heterocycles. The standard InChI is InChI=1S/C19H33N5O2S/c1-12(2)24-16(20)15(10-22-24)17(25)21-7-6-13-8-14(9-13)23-18(26)19(3,4)11-27-5/h10,12-14H,6-9,11,20H2,1-5H3,(H,21,25)(H,23,26). The molecule has 0 saturated heterocycles. The summed E-state index contributed by atoms with van der Waals surface area (Å²) >= 11 is 1.69. The molecule has 1 heterocycles. The number of amides is 2. The van der Waals surface area contributed by atoms with Gasteiger partial charge in [0.1, 0.15) is 11.4 Å². The number of thioether (sulfide) groups is 1. The van der Waals surface area contributed by atoms with Crippen molar-refractivity contribution in [2.75, 3.05) is 24.3 Å². The number of nitrogens with zero attached hydrogens (tertiary/aromatic N) is 2. The van der Waals surface area contributed by atoms with Crippen molar-refractivity contribution in [2.45, 2.75) is 59.0 Å². The maximum absolute atomic E-state index is 12.3. The first-order valence-corrected chi connectivity index (χ1v) is 11.0. The van der Waals surface area contributed by atoms with E-state index in [1.807, 2.05) is 34.0 Å². The highest BCUT2D eigenvalue weighted by Crippen LogP contribution is 2.31. The molecule has 2 amide bonds. The molecule has 4 N–H and O–H groups in total. The molecule has 0 aromatic carbocycles. The normalized spacial score (nSPS) is 19.6. The number of anilines is 1. The highest BCUT2D eigenvalue weighted by molar-refractivity contribution is 7.98. The fraction of sp³-hybridized carbons (Fsp3) is 0.737. The van der Waals surface area contributed by atoms with E-state index in [1.165, 1.54) is 6.20 Å². The highest BCUT2D eigenvalue weighted by Gasteiger charge is 2.34. The van der Waals surface area contributed by atoms with E-state index in [4.69, 9.17) is 5.73 Å². The molecule has 0 atom stereocenters. The third kappa shape index (κ3) is 5.40. The van der Waals surface area contributed by atoms with E-state index in [2.05, 4.69) is 15.7 Å². The first kappa shape index (κ1) is 21.6. The van der Waals surface area contributed by atoms with Crippen LogP contribution in [0.25, 0.3) is 0 Å². The van der Waals surface area contributed by atoms with Crippen LogP contribution in [0.3, 0.4) is 0 Å². The number of nitrogens with two attached hydrogens (primary N) is 1. The summed E-state index contributed by atoms with van der Waals surface area (Å²) in [5.41, 5.74) is 6.09. The van der Waals surface area contributed by atoms with Crippen molar-refractivity contribution in [2.24, 2.45) is 11.3 Å². The van der Waals surface area contributed by atoms with Gasteiger partial charge in [0.05, 0.1) is 11.6 Å². The summed E-state index contributed by atoms with van der Waals surface area (Å²) in [5, 5.41) is 10.2. The van der Waals surface area contributed by atoms with Gasteiger partial charge in [0.25, 0.3) is 5.91 Å². The zero-order chi connectivity index (χ0) is 20.2. The molecular formula is C19H33N5O2S. The van der Waals surface area contributed by atoms with Gasteiger partial charge < -0.3 is 16.4 Å². The molecule has 1 aliphatic rings. The van der Waals surface area contributed by atoms with Crippen LogP contribution in [0.2, 0.25) is 0 Å². The Morgan fingerprint density at radius 3 is 2.63 bits per heavy atom. The van der Waals surface area contributed by atoms with Gasteiger partial charge in [0, 0.05) is 24.4 Å². The van der Waals surface area contributed by atoms with Crippen LogP contribution in [-0.2, 0) is 4.79 Å². The van der Waals surface area contributed by atoms with Gasteiger partial charge in [-0.25, -0.2) is 4.68 Å². The first-order valence-electron chi connectivity index (χ1n) is 9.56. The maximum atomic E-state index is 12.3. The number of hydrogen-bond acceptors (Lipinski definition) is 5. The first-order chi connectivity index (χ1) is 12.7. The fourth-order valence-corrected chi connectivity index (χ4v) is 4.19. The van der Waals surface area contributed by atoms with Gasteiger partial charge in [-0.2, -0.15) is 16.9 Å². The predicted molar refractivity (Wildman–Crippen MR) is 111 cm³/mol. The second kappa shape index (κ2) is 8.99. The molecule has 8 heteroatoms. The molecule has 27 heavy (non-hydrogen) atoms.